The lowest BCUT2D eigenvalue weighted by atomic mass is 9.92. The van der Waals surface area contributed by atoms with Crippen LogP contribution in [0.1, 0.15) is 17.2 Å². The first-order chi connectivity index (χ1) is 8.40. The smallest absolute Gasteiger partial charge is 0.181 e. The lowest BCUT2D eigenvalue weighted by molar-refractivity contribution is 0.0486. The van der Waals surface area contributed by atoms with E-state index < -0.39 is 0 Å². The van der Waals surface area contributed by atoms with Crippen molar-refractivity contribution in [3.05, 3.63) is 41.9 Å². The van der Waals surface area contributed by atoms with E-state index in [9.17, 15) is 0 Å². The monoisotopic (exact) mass is 230 g/mol. The highest BCUT2D eigenvalue weighted by Gasteiger charge is 2.22. The zero-order valence-corrected chi connectivity index (χ0v) is 9.43. The van der Waals surface area contributed by atoms with E-state index in [2.05, 4.69) is 17.1 Å². The van der Waals surface area contributed by atoms with Gasteiger partial charge < -0.3 is 14.9 Å². The number of hydrogen-bond acceptors (Lipinski definition) is 4. The highest BCUT2D eigenvalue weighted by Crippen LogP contribution is 2.33. The topological polar surface area (TPSA) is 61.3 Å². The van der Waals surface area contributed by atoms with Crippen LogP contribution < -0.4 is 5.73 Å². The average Bonchev–Trinajstić information content (AvgIpc) is 2.91. The Balaban J connectivity index is 2.12. The van der Waals surface area contributed by atoms with Crippen LogP contribution in [0.4, 0.5) is 0 Å². The van der Waals surface area contributed by atoms with Gasteiger partial charge in [-0.1, -0.05) is 18.2 Å². The summed E-state index contributed by atoms with van der Waals surface area (Å²) in [5, 5.41) is 0. The standard InChI is InChI=1S/C13H14N2O2/c14-6-12-10-2-1-3-11(9(10)4-5-16-12)13-7-15-8-17-13/h1-3,7-8,12H,4-6,14H2. The summed E-state index contributed by atoms with van der Waals surface area (Å²) in [5.74, 6) is 0.805. The largest absolute Gasteiger partial charge is 0.444 e. The average molecular weight is 230 g/mol. The molecule has 2 heterocycles. The van der Waals surface area contributed by atoms with Crippen molar-refractivity contribution in [1.29, 1.82) is 0 Å². The first-order valence-electron chi connectivity index (χ1n) is 5.72. The van der Waals surface area contributed by atoms with E-state index in [0.717, 1.165) is 17.7 Å². The van der Waals surface area contributed by atoms with Crippen molar-refractivity contribution in [2.75, 3.05) is 13.2 Å². The fraction of sp³-hybridized carbons (Fsp3) is 0.308. The van der Waals surface area contributed by atoms with Gasteiger partial charge in [-0.05, 0) is 17.5 Å². The van der Waals surface area contributed by atoms with Gasteiger partial charge in [-0.25, -0.2) is 4.98 Å². The van der Waals surface area contributed by atoms with E-state index in [4.69, 9.17) is 14.9 Å². The molecule has 1 aliphatic heterocycles. The molecule has 17 heavy (non-hydrogen) atoms. The second-order valence-electron chi connectivity index (χ2n) is 4.08. The highest BCUT2D eigenvalue weighted by atomic mass is 16.5. The van der Waals surface area contributed by atoms with Crippen molar-refractivity contribution in [2.24, 2.45) is 5.73 Å². The molecule has 0 aliphatic carbocycles. The summed E-state index contributed by atoms with van der Waals surface area (Å²) in [7, 11) is 0. The third-order valence-electron chi connectivity index (χ3n) is 3.14. The van der Waals surface area contributed by atoms with Crippen molar-refractivity contribution < 1.29 is 9.15 Å². The van der Waals surface area contributed by atoms with Gasteiger partial charge in [0, 0.05) is 12.1 Å². The molecule has 1 unspecified atom stereocenters. The highest BCUT2D eigenvalue weighted by molar-refractivity contribution is 5.64. The Kier molecular flexibility index (Phi) is 2.66. The Hall–Kier alpha value is -1.65. The van der Waals surface area contributed by atoms with Crippen LogP contribution in [0.3, 0.4) is 0 Å². The van der Waals surface area contributed by atoms with Gasteiger partial charge in [0.25, 0.3) is 0 Å². The van der Waals surface area contributed by atoms with Crippen LogP contribution in [0.15, 0.2) is 35.2 Å². The molecule has 1 atom stereocenters. The minimum absolute atomic E-state index is 0.00150. The molecule has 4 heteroatoms. The van der Waals surface area contributed by atoms with Crippen LogP contribution in [0.25, 0.3) is 11.3 Å². The van der Waals surface area contributed by atoms with Gasteiger partial charge in [0.1, 0.15) is 0 Å². The molecule has 1 aliphatic rings. The Labute approximate surface area is 99.4 Å². The maximum absolute atomic E-state index is 5.73. The number of nitrogens with zero attached hydrogens (tertiary/aromatic N) is 1. The first kappa shape index (κ1) is 10.5. The number of ether oxygens (including phenoxy) is 1. The summed E-state index contributed by atoms with van der Waals surface area (Å²) in [6, 6.07) is 6.14. The summed E-state index contributed by atoms with van der Waals surface area (Å²) >= 11 is 0. The molecule has 0 saturated heterocycles. The van der Waals surface area contributed by atoms with Crippen molar-refractivity contribution in [3.8, 4) is 11.3 Å². The SMILES string of the molecule is NCC1OCCc2c(-c3cnco3)cccc21. The lowest BCUT2D eigenvalue weighted by Crippen LogP contribution is -2.23. The van der Waals surface area contributed by atoms with E-state index in [0.29, 0.717) is 13.2 Å². The molecule has 0 fully saturated rings. The van der Waals surface area contributed by atoms with Gasteiger partial charge in [0.2, 0.25) is 0 Å². The third kappa shape index (κ3) is 1.75. The molecule has 0 radical (unpaired) electrons. The summed E-state index contributed by atoms with van der Waals surface area (Å²) in [6.07, 6.45) is 4.08. The minimum atomic E-state index is 0.00150. The molecule has 1 aromatic carbocycles. The van der Waals surface area contributed by atoms with Gasteiger partial charge in [-0.3, -0.25) is 0 Å². The molecule has 0 amide bonds. The molecule has 2 N–H and O–H groups in total. The molecule has 1 aromatic heterocycles. The van der Waals surface area contributed by atoms with E-state index >= 15 is 0 Å². The molecule has 3 rings (SSSR count). The van der Waals surface area contributed by atoms with E-state index in [1.807, 2.05) is 6.07 Å². The van der Waals surface area contributed by atoms with Gasteiger partial charge in [0.15, 0.2) is 12.2 Å². The number of benzene rings is 1. The van der Waals surface area contributed by atoms with Gasteiger partial charge in [0.05, 0.1) is 18.9 Å². The van der Waals surface area contributed by atoms with Crippen molar-refractivity contribution in [2.45, 2.75) is 12.5 Å². The lowest BCUT2D eigenvalue weighted by Gasteiger charge is -2.26. The fourth-order valence-corrected chi connectivity index (χ4v) is 2.35. The molecule has 0 saturated carbocycles. The van der Waals surface area contributed by atoms with Crippen molar-refractivity contribution >= 4 is 0 Å². The maximum atomic E-state index is 5.73. The zero-order chi connectivity index (χ0) is 11.7. The van der Waals surface area contributed by atoms with Crippen molar-refractivity contribution in [1.82, 2.24) is 4.98 Å². The number of fused-ring (bicyclic) bond motifs is 1. The van der Waals surface area contributed by atoms with Crippen LogP contribution >= 0.6 is 0 Å². The predicted octanol–water partition coefficient (Wildman–Crippen LogP) is 1.91. The molecular weight excluding hydrogens is 216 g/mol. The Bertz CT molecular complexity index is 508. The second-order valence-corrected chi connectivity index (χ2v) is 4.08. The summed E-state index contributed by atoms with van der Waals surface area (Å²) < 4.78 is 11.0. The number of aromatic nitrogens is 1. The molecule has 0 spiro atoms. The first-order valence-corrected chi connectivity index (χ1v) is 5.72. The summed E-state index contributed by atoms with van der Waals surface area (Å²) in [4.78, 5) is 3.96. The quantitative estimate of drug-likeness (QED) is 0.856. The number of rotatable bonds is 2. The maximum Gasteiger partial charge on any atom is 0.181 e. The molecular formula is C13H14N2O2. The number of hydrogen-bond donors (Lipinski definition) is 1. The van der Waals surface area contributed by atoms with Crippen molar-refractivity contribution in [3.63, 3.8) is 0 Å². The minimum Gasteiger partial charge on any atom is -0.444 e. The van der Waals surface area contributed by atoms with E-state index in [1.54, 1.807) is 6.20 Å². The zero-order valence-electron chi connectivity index (χ0n) is 9.43. The normalized spacial score (nSPS) is 19.0. The third-order valence-corrected chi connectivity index (χ3v) is 3.14. The van der Waals surface area contributed by atoms with Gasteiger partial charge in [-0.15, -0.1) is 0 Å². The Morgan fingerprint density at radius 1 is 1.41 bits per heavy atom. The molecule has 2 aromatic rings. The van der Waals surface area contributed by atoms with Crippen LogP contribution in [0.2, 0.25) is 0 Å². The molecule has 4 nitrogen and oxygen atoms in total. The summed E-state index contributed by atoms with van der Waals surface area (Å²) in [6.45, 7) is 1.22. The van der Waals surface area contributed by atoms with Gasteiger partial charge in [-0.2, -0.15) is 0 Å². The fourth-order valence-electron chi connectivity index (χ4n) is 2.35. The number of nitrogens with two attached hydrogens (primary N) is 1. The Morgan fingerprint density at radius 2 is 2.35 bits per heavy atom. The van der Waals surface area contributed by atoms with Crippen LogP contribution in [0.5, 0.6) is 0 Å². The summed E-state index contributed by atoms with van der Waals surface area (Å²) in [5.41, 5.74) is 9.27. The van der Waals surface area contributed by atoms with Crippen LogP contribution in [-0.2, 0) is 11.2 Å². The van der Waals surface area contributed by atoms with Crippen LogP contribution in [-0.4, -0.2) is 18.1 Å². The van der Waals surface area contributed by atoms with Gasteiger partial charge >= 0.3 is 0 Å². The number of oxazole rings is 1. The van der Waals surface area contributed by atoms with E-state index in [1.165, 1.54) is 17.5 Å². The predicted molar refractivity (Wildman–Crippen MR) is 63.4 cm³/mol. The molecule has 88 valence electrons. The Morgan fingerprint density at radius 3 is 3.12 bits per heavy atom. The van der Waals surface area contributed by atoms with Crippen LogP contribution in [0, 0.1) is 0 Å². The second kappa shape index (κ2) is 4.31. The molecule has 0 bridgehead atoms. The van der Waals surface area contributed by atoms with E-state index in [-0.39, 0.29) is 6.10 Å².